The average Bonchev–Trinajstić information content (AvgIpc) is 2.30. The molecule has 0 saturated carbocycles. The van der Waals surface area contributed by atoms with Crippen molar-refractivity contribution in [3.05, 3.63) is 54.6 Å². The van der Waals surface area contributed by atoms with Gasteiger partial charge in [-0.1, -0.05) is 37.3 Å². The first kappa shape index (κ1) is 12.7. The molecule has 1 rings (SSSR count). The van der Waals surface area contributed by atoms with Crippen LogP contribution in [0.25, 0.3) is 5.57 Å². The maximum Gasteiger partial charge on any atom is -0.0199 e. The van der Waals surface area contributed by atoms with Crippen molar-refractivity contribution in [3.8, 4) is 0 Å². The summed E-state index contributed by atoms with van der Waals surface area (Å²) >= 11 is 0. The van der Waals surface area contributed by atoms with Crippen LogP contribution in [0.4, 0.5) is 0 Å². The summed E-state index contributed by atoms with van der Waals surface area (Å²) in [6, 6.07) is 8.59. The largest absolute Gasteiger partial charge is 0.106 e. The molecule has 0 fully saturated rings. The van der Waals surface area contributed by atoms with Gasteiger partial charge in [-0.25, -0.2) is 0 Å². The van der Waals surface area contributed by atoms with E-state index in [1.807, 2.05) is 0 Å². The van der Waals surface area contributed by atoms with Crippen LogP contribution in [0.1, 0.15) is 31.9 Å². The Morgan fingerprint density at radius 1 is 1.29 bits per heavy atom. The van der Waals surface area contributed by atoms with Gasteiger partial charge in [-0.05, 0) is 37.0 Å². The standard InChI is InChI=1S/C12H16.C2H4/c1-4-10(3)12-9-7-6-8-11(12)5-2;1-2/h4,6-9H,5H2,1-3H3;1-2H2/b10-4-;. The summed E-state index contributed by atoms with van der Waals surface area (Å²) < 4.78 is 0. The molecule has 0 heteroatoms. The lowest BCUT2D eigenvalue weighted by Gasteiger charge is -2.06. The molecule has 0 bridgehead atoms. The molecule has 0 aliphatic carbocycles. The van der Waals surface area contributed by atoms with Crippen molar-refractivity contribution in [2.24, 2.45) is 0 Å². The summed E-state index contributed by atoms with van der Waals surface area (Å²) in [4.78, 5) is 0. The van der Waals surface area contributed by atoms with Crippen molar-refractivity contribution in [2.75, 3.05) is 0 Å². The number of benzene rings is 1. The van der Waals surface area contributed by atoms with E-state index in [0.29, 0.717) is 0 Å². The van der Waals surface area contributed by atoms with Gasteiger partial charge in [-0.2, -0.15) is 0 Å². The van der Waals surface area contributed by atoms with Gasteiger partial charge in [-0.3, -0.25) is 0 Å². The molecule has 0 aliphatic heterocycles. The van der Waals surface area contributed by atoms with Crippen LogP contribution in [-0.2, 0) is 6.42 Å². The summed E-state index contributed by atoms with van der Waals surface area (Å²) in [5.41, 5.74) is 4.20. The Balaban J connectivity index is 0.000000791. The lowest BCUT2D eigenvalue weighted by atomic mass is 9.99. The first-order valence-electron chi connectivity index (χ1n) is 5.00. The summed E-state index contributed by atoms with van der Waals surface area (Å²) in [7, 11) is 0. The van der Waals surface area contributed by atoms with E-state index in [1.54, 1.807) is 0 Å². The van der Waals surface area contributed by atoms with Gasteiger partial charge in [0.15, 0.2) is 0 Å². The highest BCUT2D eigenvalue weighted by Crippen LogP contribution is 2.18. The second-order valence-electron chi connectivity index (χ2n) is 2.98. The van der Waals surface area contributed by atoms with Gasteiger partial charge in [0, 0.05) is 0 Å². The molecule has 0 nitrogen and oxygen atoms in total. The lowest BCUT2D eigenvalue weighted by Crippen LogP contribution is -1.88. The Hall–Kier alpha value is -1.30. The van der Waals surface area contributed by atoms with Crippen LogP contribution >= 0.6 is 0 Å². The third-order valence-electron chi connectivity index (χ3n) is 2.26. The van der Waals surface area contributed by atoms with E-state index in [2.05, 4.69) is 64.3 Å². The Labute approximate surface area is 88.0 Å². The summed E-state index contributed by atoms with van der Waals surface area (Å²) in [6.07, 6.45) is 3.27. The van der Waals surface area contributed by atoms with Crippen molar-refractivity contribution < 1.29 is 0 Å². The molecule has 0 N–H and O–H groups in total. The minimum absolute atomic E-state index is 1.11. The molecular formula is C14H20. The fourth-order valence-electron chi connectivity index (χ4n) is 1.37. The van der Waals surface area contributed by atoms with E-state index in [-0.39, 0.29) is 0 Å². The summed E-state index contributed by atoms with van der Waals surface area (Å²) in [5.74, 6) is 0. The molecule has 0 aliphatic rings. The maximum atomic E-state index is 3.00. The predicted octanol–water partition coefficient (Wildman–Crippen LogP) is 4.47. The normalized spacial score (nSPS) is 10.4. The van der Waals surface area contributed by atoms with Crippen LogP contribution in [0.3, 0.4) is 0 Å². The molecular weight excluding hydrogens is 168 g/mol. The highest BCUT2D eigenvalue weighted by Gasteiger charge is 1.99. The van der Waals surface area contributed by atoms with Crippen molar-refractivity contribution in [2.45, 2.75) is 27.2 Å². The van der Waals surface area contributed by atoms with Crippen molar-refractivity contribution in [1.29, 1.82) is 0 Å². The molecule has 76 valence electrons. The average molecular weight is 188 g/mol. The predicted molar refractivity (Wildman–Crippen MR) is 66.4 cm³/mol. The van der Waals surface area contributed by atoms with Crippen LogP contribution in [0.5, 0.6) is 0 Å². The molecule has 0 aromatic heterocycles. The Kier molecular flexibility index (Phi) is 6.47. The molecule has 0 amide bonds. The monoisotopic (exact) mass is 188 g/mol. The highest BCUT2D eigenvalue weighted by molar-refractivity contribution is 5.66. The van der Waals surface area contributed by atoms with Crippen LogP contribution in [0.2, 0.25) is 0 Å². The van der Waals surface area contributed by atoms with Crippen LogP contribution in [0.15, 0.2) is 43.5 Å². The SMILES string of the molecule is C/C=C(/C)c1ccccc1CC.C=C. The van der Waals surface area contributed by atoms with E-state index in [9.17, 15) is 0 Å². The molecule has 0 heterocycles. The van der Waals surface area contributed by atoms with E-state index in [1.165, 1.54) is 16.7 Å². The number of allylic oxidation sites excluding steroid dienone is 2. The number of rotatable bonds is 2. The Morgan fingerprint density at radius 3 is 2.36 bits per heavy atom. The van der Waals surface area contributed by atoms with Crippen molar-refractivity contribution in [1.82, 2.24) is 0 Å². The fraction of sp³-hybridized carbons (Fsp3) is 0.286. The summed E-state index contributed by atoms with van der Waals surface area (Å²) in [5, 5.41) is 0. The van der Waals surface area contributed by atoms with Crippen LogP contribution in [0, 0.1) is 0 Å². The first-order chi connectivity index (χ1) is 6.79. The zero-order valence-corrected chi connectivity index (χ0v) is 9.51. The third kappa shape index (κ3) is 3.21. The highest BCUT2D eigenvalue weighted by atomic mass is 14.0. The molecule has 0 spiro atoms. The van der Waals surface area contributed by atoms with Gasteiger partial charge in [-0.15, -0.1) is 13.2 Å². The smallest absolute Gasteiger partial charge is 0.0199 e. The van der Waals surface area contributed by atoms with Crippen molar-refractivity contribution in [3.63, 3.8) is 0 Å². The fourth-order valence-corrected chi connectivity index (χ4v) is 1.37. The molecule has 14 heavy (non-hydrogen) atoms. The van der Waals surface area contributed by atoms with Crippen LogP contribution in [-0.4, -0.2) is 0 Å². The number of hydrogen-bond donors (Lipinski definition) is 0. The molecule has 1 aromatic carbocycles. The van der Waals surface area contributed by atoms with E-state index >= 15 is 0 Å². The van der Waals surface area contributed by atoms with E-state index in [4.69, 9.17) is 0 Å². The first-order valence-corrected chi connectivity index (χ1v) is 5.00. The van der Waals surface area contributed by atoms with Gasteiger partial charge >= 0.3 is 0 Å². The second-order valence-corrected chi connectivity index (χ2v) is 2.98. The van der Waals surface area contributed by atoms with E-state index < -0.39 is 0 Å². The molecule has 1 aromatic rings. The summed E-state index contributed by atoms with van der Waals surface area (Å²) in [6.45, 7) is 12.4. The molecule has 0 atom stereocenters. The Bertz CT molecular complexity index is 295. The number of hydrogen-bond acceptors (Lipinski definition) is 0. The maximum absolute atomic E-state index is 3.00. The van der Waals surface area contributed by atoms with Gasteiger partial charge in [0.25, 0.3) is 0 Å². The van der Waals surface area contributed by atoms with Gasteiger partial charge in [0.2, 0.25) is 0 Å². The lowest BCUT2D eigenvalue weighted by molar-refractivity contribution is 1.13. The quantitative estimate of drug-likeness (QED) is 0.600. The number of aryl methyl sites for hydroxylation is 1. The third-order valence-corrected chi connectivity index (χ3v) is 2.26. The van der Waals surface area contributed by atoms with Gasteiger partial charge in [0.1, 0.15) is 0 Å². The van der Waals surface area contributed by atoms with Crippen LogP contribution < -0.4 is 0 Å². The topological polar surface area (TPSA) is 0 Å². The Morgan fingerprint density at radius 2 is 1.86 bits per heavy atom. The second kappa shape index (κ2) is 7.14. The molecule has 0 radical (unpaired) electrons. The zero-order chi connectivity index (χ0) is 11.0. The van der Waals surface area contributed by atoms with Crippen molar-refractivity contribution >= 4 is 5.57 Å². The van der Waals surface area contributed by atoms with Gasteiger partial charge in [0.05, 0.1) is 0 Å². The molecule has 0 unspecified atom stereocenters. The molecule has 0 saturated heterocycles. The minimum Gasteiger partial charge on any atom is -0.106 e. The zero-order valence-electron chi connectivity index (χ0n) is 9.51. The van der Waals surface area contributed by atoms with Gasteiger partial charge < -0.3 is 0 Å². The minimum atomic E-state index is 1.11. The van der Waals surface area contributed by atoms with E-state index in [0.717, 1.165) is 6.42 Å².